The van der Waals surface area contributed by atoms with Crippen LogP contribution in [0.3, 0.4) is 0 Å². The summed E-state index contributed by atoms with van der Waals surface area (Å²) in [7, 11) is 4.05. The maximum absolute atomic E-state index is 12.7. The first-order valence-corrected chi connectivity index (χ1v) is 9.59. The van der Waals surface area contributed by atoms with Crippen molar-refractivity contribution in [3.05, 3.63) is 36.9 Å². The molecule has 2 saturated heterocycles. The molecular weight excluding hydrogens is 354 g/mol. The van der Waals surface area contributed by atoms with Crippen LogP contribution in [-0.4, -0.2) is 67.8 Å². The summed E-state index contributed by atoms with van der Waals surface area (Å²) in [6.45, 7) is 1.55. The Labute approximate surface area is 163 Å². The van der Waals surface area contributed by atoms with Crippen LogP contribution in [0, 0.1) is 0 Å². The number of piperazine rings is 1. The van der Waals surface area contributed by atoms with Crippen molar-refractivity contribution in [1.82, 2.24) is 29.5 Å². The molecule has 0 spiro atoms. The summed E-state index contributed by atoms with van der Waals surface area (Å²) in [6.07, 6.45) is 9.62. The summed E-state index contributed by atoms with van der Waals surface area (Å²) >= 11 is 0. The molecule has 2 fully saturated rings. The maximum atomic E-state index is 12.7. The average Bonchev–Trinajstić information content (AvgIpc) is 3.19. The first-order chi connectivity index (χ1) is 13.6. The van der Waals surface area contributed by atoms with Gasteiger partial charge in [-0.2, -0.15) is 5.10 Å². The Kier molecular flexibility index (Phi) is 4.01. The number of nitrogens with zero attached hydrogens (tertiary/aromatic N) is 6. The summed E-state index contributed by atoms with van der Waals surface area (Å²) in [5.41, 5.74) is 2.79. The van der Waals surface area contributed by atoms with E-state index in [9.17, 15) is 4.79 Å². The van der Waals surface area contributed by atoms with E-state index in [-0.39, 0.29) is 6.03 Å². The predicted octanol–water partition coefficient (Wildman–Crippen LogP) is 2.34. The Hall–Kier alpha value is -3.00. The first-order valence-electron chi connectivity index (χ1n) is 9.59. The van der Waals surface area contributed by atoms with Crippen LogP contribution >= 0.6 is 0 Å². The molecule has 5 rings (SSSR count). The lowest BCUT2D eigenvalue weighted by molar-refractivity contribution is 0.110. The van der Waals surface area contributed by atoms with Crippen molar-refractivity contribution in [2.75, 3.05) is 25.5 Å². The molecule has 0 saturated carbocycles. The lowest BCUT2D eigenvalue weighted by Gasteiger charge is -2.38. The number of anilines is 1. The van der Waals surface area contributed by atoms with E-state index in [0.717, 1.165) is 35.1 Å². The molecule has 144 valence electrons. The molecule has 0 aliphatic carbocycles. The lowest BCUT2D eigenvalue weighted by atomic mass is 10.1. The zero-order valence-electron chi connectivity index (χ0n) is 16.0. The predicted molar refractivity (Wildman–Crippen MR) is 107 cm³/mol. The largest absolute Gasteiger partial charge is 0.323 e. The highest BCUT2D eigenvalue weighted by molar-refractivity contribution is 5.92. The number of carbonyl (C=O) groups excluding carboxylic acids is 1. The Balaban J connectivity index is 1.36. The number of hydrogen-bond acceptors (Lipinski definition) is 5. The number of pyridine rings is 2. The van der Waals surface area contributed by atoms with E-state index in [4.69, 9.17) is 0 Å². The van der Waals surface area contributed by atoms with Crippen molar-refractivity contribution in [3.63, 3.8) is 0 Å². The molecule has 8 nitrogen and oxygen atoms in total. The van der Waals surface area contributed by atoms with Gasteiger partial charge < -0.3 is 4.90 Å². The van der Waals surface area contributed by atoms with E-state index in [1.807, 2.05) is 42.7 Å². The van der Waals surface area contributed by atoms with Gasteiger partial charge in [0.1, 0.15) is 5.82 Å². The van der Waals surface area contributed by atoms with E-state index in [1.165, 1.54) is 12.8 Å². The quantitative estimate of drug-likeness (QED) is 0.742. The smallest absolute Gasteiger partial charge is 0.321 e. The molecule has 8 heteroatoms. The third-order valence-electron chi connectivity index (χ3n) is 5.98. The fraction of sp³-hybridized carbons (Fsp3) is 0.400. The van der Waals surface area contributed by atoms with Crippen molar-refractivity contribution in [3.8, 4) is 11.1 Å². The number of fused-ring (bicyclic) bond motifs is 3. The molecular formula is C20H23N7O. The summed E-state index contributed by atoms with van der Waals surface area (Å²) in [6, 6.07) is 4.80. The van der Waals surface area contributed by atoms with Crippen LogP contribution in [0.5, 0.6) is 0 Å². The van der Waals surface area contributed by atoms with Gasteiger partial charge in [0.2, 0.25) is 0 Å². The number of amides is 2. The Morgan fingerprint density at radius 2 is 1.82 bits per heavy atom. The van der Waals surface area contributed by atoms with E-state index in [0.29, 0.717) is 17.9 Å². The number of likely N-dealkylation sites (N-methyl/N-ethyl adjacent to an activating group) is 1. The second kappa shape index (κ2) is 6.56. The Morgan fingerprint density at radius 1 is 1.04 bits per heavy atom. The van der Waals surface area contributed by atoms with Crippen molar-refractivity contribution in [2.24, 2.45) is 7.05 Å². The molecule has 5 heterocycles. The minimum absolute atomic E-state index is 0.0757. The topological polar surface area (TPSA) is 79.2 Å². The van der Waals surface area contributed by atoms with Gasteiger partial charge in [-0.15, -0.1) is 0 Å². The van der Waals surface area contributed by atoms with E-state index in [1.54, 1.807) is 10.9 Å². The highest BCUT2D eigenvalue weighted by atomic mass is 16.2. The highest BCUT2D eigenvalue weighted by Crippen LogP contribution is 2.29. The molecule has 28 heavy (non-hydrogen) atoms. The van der Waals surface area contributed by atoms with Gasteiger partial charge in [0.25, 0.3) is 0 Å². The highest BCUT2D eigenvalue weighted by Gasteiger charge is 2.39. The number of aryl methyl sites for hydroxylation is 1. The molecule has 2 unspecified atom stereocenters. The second-order valence-electron chi connectivity index (χ2n) is 7.77. The van der Waals surface area contributed by atoms with E-state index in [2.05, 4.69) is 32.3 Å². The van der Waals surface area contributed by atoms with Crippen molar-refractivity contribution in [1.29, 1.82) is 0 Å². The van der Waals surface area contributed by atoms with Gasteiger partial charge in [0.05, 0.1) is 17.9 Å². The molecule has 2 aliphatic rings. The molecule has 2 amide bonds. The van der Waals surface area contributed by atoms with Gasteiger partial charge in [-0.05, 0) is 32.0 Å². The second-order valence-corrected chi connectivity index (χ2v) is 7.77. The third kappa shape index (κ3) is 2.99. The van der Waals surface area contributed by atoms with Gasteiger partial charge in [0, 0.05) is 61.1 Å². The minimum Gasteiger partial charge on any atom is -0.321 e. The van der Waals surface area contributed by atoms with E-state index < -0.39 is 0 Å². The normalized spacial score (nSPS) is 22.0. The molecule has 3 aromatic heterocycles. The van der Waals surface area contributed by atoms with Gasteiger partial charge in [-0.1, -0.05) is 0 Å². The fourth-order valence-electron chi connectivity index (χ4n) is 4.30. The number of likely N-dealkylation sites (tertiary alicyclic amines) is 1. The Morgan fingerprint density at radius 3 is 2.54 bits per heavy atom. The zero-order chi connectivity index (χ0) is 19.3. The number of hydrogen-bond donors (Lipinski definition) is 1. The molecule has 0 aromatic carbocycles. The molecule has 1 N–H and O–H groups in total. The number of aromatic nitrogens is 4. The van der Waals surface area contributed by atoms with Crippen molar-refractivity contribution < 1.29 is 4.79 Å². The van der Waals surface area contributed by atoms with Crippen LogP contribution in [0.25, 0.3) is 22.0 Å². The fourth-order valence-corrected chi connectivity index (χ4v) is 4.30. The van der Waals surface area contributed by atoms with E-state index >= 15 is 0 Å². The number of nitrogens with one attached hydrogen (secondary N) is 1. The molecule has 0 radical (unpaired) electrons. The van der Waals surface area contributed by atoms with Gasteiger partial charge in [-0.3, -0.25) is 19.9 Å². The summed E-state index contributed by atoms with van der Waals surface area (Å²) in [4.78, 5) is 25.9. The maximum Gasteiger partial charge on any atom is 0.323 e. The average molecular weight is 377 g/mol. The first kappa shape index (κ1) is 17.1. The van der Waals surface area contributed by atoms with Crippen LogP contribution in [0.1, 0.15) is 12.8 Å². The Bertz CT molecular complexity index is 1030. The molecule has 2 bridgehead atoms. The number of carbonyl (C=O) groups is 1. The summed E-state index contributed by atoms with van der Waals surface area (Å²) < 4.78 is 1.76. The van der Waals surface area contributed by atoms with Crippen LogP contribution < -0.4 is 5.32 Å². The number of rotatable bonds is 2. The van der Waals surface area contributed by atoms with Gasteiger partial charge in [-0.25, -0.2) is 9.78 Å². The SMILES string of the molecule is CN1C2CCC1CN(C(=O)Nc1cc3cc(-c4cnn(C)c4)cnc3cn1)C2. The molecule has 2 atom stereocenters. The van der Waals surface area contributed by atoms with Gasteiger partial charge >= 0.3 is 6.03 Å². The van der Waals surface area contributed by atoms with Crippen LogP contribution in [0.2, 0.25) is 0 Å². The third-order valence-corrected chi connectivity index (χ3v) is 5.98. The van der Waals surface area contributed by atoms with Crippen molar-refractivity contribution in [2.45, 2.75) is 24.9 Å². The van der Waals surface area contributed by atoms with Crippen LogP contribution in [-0.2, 0) is 7.05 Å². The molecule has 2 aliphatic heterocycles. The monoisotopic (exact) mass is 377 g/mol. The summed E-state index contributed by atoms with van der Waals surface area (Å²) in [5, 5.41) is 8.11. The zero-order valence-corrected chi connectivity index (χ0v) is 16.0. The summed E-state index contributed by atoms with van der Waals surface area (Å²) in [5.74, 6) is 0.550. The van der Waals surface area contributed by atoms with Crippen LogP contribution in [0.4, 0.5) is 10.6 Å². The van der Waals surface area contributed by atoms with Crippen molar-refractivity contribution >= 4 is 22.8 Å². The minimum atomic E-state index is -0.0757. The molecule has 3 aromatic rings. The standard InChI is InChI=1S/C20H23N7O/c1-25-10-15(8-23-25)14-5-13-6-19(22-9-18(13)21-7-14)24-20(28)27-11-16-3-4-17(12-27)26(16)2/h5-10,16-17H,3-4,11-12H2,1-2H3,(H,22,24,28). The number of urea groups is 1. The van der Waals surface area contributed by atoms with Gasteiger partial charge in [0.15, 0.2) is 0 Å². The van der Waals surface area contributed by atoms with Crippen LogP contribution in [0.15, 0.2) is 36.9 Å². The lowest BCUT2D eigenvalue weighted by Crippen LogP contribution is -2.54.